The van der Waals surface area contributed by atoms with Gasteiger partial charge in [-0.25, -0.2) is 4.98 Å². The molecular weight excluding hydrogens is 386 g/mol. The first kappa shape index (κ1) is 20.5. The Balaban J connectivity index is 1.79. The first-order valence-electron chi connectivity index (χ1n) is 10.4. The smallest absolute Gasteiger partial charge is 0.261 e. The zero-order valence-corrected chi connectivity index (χ0v) is 18.0. The molecule has 5 heteroatoms. The van der Waals surface area contributed by atoms with Crippen molar-refractivity contribution in [2.24, 2.45) is 0 Å². The van der Waals surface area contributed by atoms with Crippen molar-refractivity contribution in [2.75, 3.05) is 11.4 Å². The standard InChI is InChI=1S/C26H25N3O2/c1-18-13-14-24(19(2)17-18)28(20(3)30)15-16-29-25(21-9-5-4-6-10-21)27-23-12-8-7-11-22(23)26(29)31/h4-14,17H,15-16H2,1-3H3. The molecule has 0 unspecified atom stereocenters. The highest BCUT2D eigenvalue weighted by Crippen LogP contribution is 2.23. The van der Waals surface area contributed by atoms with Crippen molar-refractivity contribution in [3.05, 3.63) is 94.3 Å². The molecule has 0 aliphatic heterocycles. The second-order valence-electron chi connectivity index (χ2n) is 7.74. The quantitative estimate of drug-likeness (QED) is 0.477. The molecule has 0 aliphatic rings. The van der Waals surface area contributed by atoms with Gasteiger partial charge in [-0.1, -0.05) is 60.2 Å². The zero-order chi connectivity index (χ0) is 22.0. The Labute approximate surface area is 181 Å². The Bertz CT molecular complexity index is 1310. The lowest BCUT2D eigenvalue weighted by Gasteiger charge is -2.24. The minimum atomic E-state index is -0.103. The van der Waals surface area contributed by atoms with Crippen molar-refractivity contribution < 1.29 is 4.79 Å². The lowest BCUT2D eigenvalue weighted by atomic mass is 10.1. The number of hydrogen-bond acceptors (Lipinski definition) is 3. The molecule has 5 nitrogen and oxygen atoms in total. The maximum atomic E-state index is 13.4. The molecule has 0 bridgehead atoms. The molecule has 0 saturated heterocycles. The summed E-state index contributed by atoms with van der Waals surface area (Å²) in [4.78, 5) is 32.4. The van der Waals surface area contributed by atoms with Gasteiger partial charge < -0.3 is 4.90 Å². The third-order valence-corrected chi connectivity index (χ3v) is 5.46. The van der Waals surface area contributed by atoms with Crippen LogP contribution in [0.1, 0.15) is 18.1 Å². The van der Waals surface area contributed by atoms with Crippen molar-refractivity contribution in [1.82, 2.24) is 9.55 Å². The third-order valence-electron chi connectivity index (χ3n) is 5.46. The minimum absolute atomic E-state index is 0.0602. The average molecular weight is 412 g/mol. The van der Waals surface area contributed by atoms with Gasteiger partial charge in [-0.2, -0.15) is 0 Å². The molecule has 0 fully saturated rings. The number of nitrogens with zero attached hydrogens (tertiary/aromatic N) is 3. The lowest BCUT2D eigenvalue weighted by molar-refractivity contribution is -0.116. The summed E-state index contributed by atoms with van der Waals surface area (Å²) in [5.41, 5.74) is 4.47. The van der Waals surface area contributed by atoms with E-state index in [-0.39, 0.29) is 11.5 Å². The van der Waals surface area contributed by atoms with E-state index in [9.17, 15) is 9.59 Å². The van der Waals surface area contributed by atoms with E-state index in [1.807, 2.05) is 74.5 Å². The summed E-state index contributed by atoms with van der Waals surface area (Å²) in [5.74, 6) is 0.545. The van der Waals surface area contributed by atoms with E-state index in [2.05, 4.69) is 6.07 Å². The molecule has 1 aromatic heterocycles. The summed E-state index contributed by atoms with van der Waals surface area (Å²) in [7, 11) is 0. The van der Waals surface area contributed by atoms with Gasteiger partial charge in [0.25, 0.3) is 5.56 Å². The largest absolute Gasteiger partial charge is 0.311 e. The number of amides is 1. The van der Waals surface area contributed by atoms with Gasteiger partial charge in [-0.05, 0) is 37.6 Å². The van der Waals surface area contributed by atoms with Gasteiger partial charge >= 0.3 is 0 Å². The maximum Gasteiger partial charge on any atom is 0.261 e. The van der Waals surface area contributed by atoms with Crippen LogP contribution >= 0.6 is 0 Å². The van der Waals surface area contributed by atoms with Crippen LogP contribution in [0.15, 0.2) is 77.6 Å². The molecule has 1 amide bonds. The summed E-state index contributed by atoms with van der Waals surface area (Å²) in [6, 6.07) is 23.1. The maximum absolute atomic E-state index is 13.4. The van der Waals surface area contributed by atoms with E-state index >= 15 is 0 Å². The molecule has 4 aromatic rings. The number of rotatable bonds is 5. The number of fused-ring (bicyclic) bond motifs is 1. The van der Waals surface area contributed by atoms with Crippen LogP contribution in [0.5, 0.6) is 0 Å². The molecule has 0 spiro atoms. The molecule has 3 aromatic carbocycles. The first-order valence-corrected chi connectivity index (χ1v) is 10.4. The van der Waals surface area contributed by atoms with Crippen LogP contribution in [-0.4, -0.2) is 22.0 Å². The van der Waals surface area contributed by atoms with Gasteiger partial charge in [-0.3, -0.25) is 14.2 Å². The fraction of sp³-hybridized carbons (Fsp3) is 0.192. The van der Waals surface area contributed by atoms with E-state index in [1.54, 1.807) is 22.5 Å². The Morgan fingerprint density at radius 1 is 0.968 bits per heavy atom. The number of aryl methyl sites for hydroxylation is 2. The third kappa shape index (κ3) is 4.12. The number of carbonyl (C=O) groups excluding carboxylic acids is 1. The molecule has 0 saturated carbocycles. The Morgan fingerprint density at radius 2 is 1.68 bits per heavy atom. The van der Waals surface area contributed by atoms with Crippen LogP contribution in [0.4, 0.5) is 5.69 Å². The van der Waals surface area contributed by atoms with Crippen molar-refractivity contribution in [1.29, 1.82) is 0 Å². The van der Waals surface area contributed by atoms with Gasteiger partial charge in [0.15, 0.2) is 0 Å². The highest BCUT2D eigenvalue weighted by molar-refractivity contribution is 5.92. The predicted molar refractivity (Wildman–Crippen MR) is 125 cm³/mol. The average Bonchev–Trinajstić information content (AvgIpc) is 2.76. The highest BCUT2D eigenvalue weighted by atomic mass is 16.2. The van der Waals surface area contributed by atoms with Crippen molar-refractivity contribution in [2.45, 2.75) is 27.3 Å². The lowest BCUT2D eigenvalue weighted by Crippen LogP contribution is -2.35. The Morgan fingerprint density at radius 3 is 2.39 bits per heavy atom. The van der Waals surface area contributed by atoms with Gasteiger partial charge in [-0.15, -0.1) is 0 Å². The second kappa shape index (κ2) is 8.56. The van der Waals surface area contributed by atoms with Gasteiger partial charge in [0.05, 0.1) is 10.9 Å². The summed E-state index contributed by atoms with van der Waals surface area (Å²) in [5, 5.41) is 0.572. The van der Waals surface area contributed by atoms with Crippen LogP contribution in [0.25, 0.3) is 22.3 Å². The second-order valence-corrected chi connectivity index (χ2v) is 7.74. The number of aromatic nitrogens is 2. The molecule has 4 rings (SSSR count). The molecule has 31 heavy (non-hydrogen) atoms. The monoisotopic (exact) mass is 411 g/mol. The molecule has 0 N–H and O–H groups in total. The molecule has 156 valence electrons. The predicted octanol–water partition coefficient (Wildman–Crippen LogP) is 4.73. The van der Waals surface area contributed by atoms with Crippen LogP contribution in [0, 0.1) is 13.8 Å². The summed E-state index contributed by atoms with van der Waals surface area (Å²) in [6.07, 6.45) is 0. The van der Waals surface area contributed by atoms with Crippen LogP contribution < -0.4 is 10.5 Å². The van der Waals surface area contributed by atoms with Crippen LogP contribution in [-0.2, 0) is 11.3 Å². The fourth-order valence-electron chi connectivity index (χ4n) is 3.94. The Hall–Kier alpha value is -3.73. The SMILES string of the molecule is CC(=O)N(CCn1c(-c2ccccc2)nc2ccccc2c1=O)c1ccc(C)cc1C. The summed E-state index contributed by atoms with van der Waals surface area (Å²) >= 11 is 0. The highest BCUT2D eigenvalue weighted by Gasteiger charge is 2.17. The number of benzene rings is 3. The van der Waals surface area contributed by atoms with Crippen LogP contribution in [0.3, 0.4) is 0 Å². The molecule has 0 atom stereocenters. The Kier molecular flexibility index (Phi) is 5.67. The number of hydrogen-bond donors (Lipinski definition) is 0. The normalized spacial score (nSPS) is 10.9. The molecular formula is C26H25N3O2. The zero-order valence-electron chi connectivity index (χ0n) is 18.0. The van der Waals surface area contributed by atoms with Crippen LogP contribution in [0.2, 0.25) is 0 Å². The topological polar surface area (TPSA) is 55.2 Å². The molecule has 1 heterocycles. The van der Waals surface area contributed by atoms with Crippen molar-refractivity contribution in [3.8, 4) is 11.4 Å². The van der Waals surface area contributed by atoms with E-state index in [4.69, 9.17) is 4.98 Å². The summed E-state index contributed by atoms with van der Waals surface area (Å²) < 4.78 is 1.68. The van der Waals surface area contributed by atoms with E-state index in [1.165, 1.54) is 0 Å². The van der Waals surface area contributed by atoms with E-state index < -0.39 is 0 Å². The number of anilines is 1. The number of para-hydroxylation sites is 1. The van der Waals surface area contributed by atoms with Crippen molar-refractivity contribution >= 4 is 22.5 Å². The fourth-order valence-corrected chi connectivity index (χ4v) is 3.94. The van der Waals surface area contributed by atoms with Gasteiger partial charge in [0.1, 0.15) is 5.82 Å². The summed E-state index contributed by atoms with van der Waals surface area (Å²) in [6.45, 7) is 6.30. The van der Waals surface area contributed by atoms with Gasteiger partial charge in [0.2, 0.25) is 5.91 Å². The van der Waals surface area contributed by atoms with E-state index in [0.29, 0.717) is 29.8 Å². The number of carbonyl (C=O) groups is 1. The van der Waals surface area contributed by atoms with Gasteiger partial charge in [0, 0.05) is 31.3 Å². The molecule has 0 radical (unpaired) electrons. The van der Waals surface area contributed by atoms with E-state index in [0.717, 1.165) is 22.4 Å². The first-order chi connectivity index (χ1) is 15.0. The minimum Gasteiger partial charge on any atom is -0.311 e. The van der Waals surface area contributed by atoms with Crippen molar-refractivity contribution in [3.63, 3.8) is 0 Å². The molecule has 0 aliphatic carbocycles.